The van der Waals surface area contributed by atoms with Gasteiger partial charge in [-0.25, -0.2) is 14.4 Å². The van der Waals surface area contributed by atoms with E-state index in [4.69, 9.17) is 0 Å². The van der Waals surface area contributed by atoms with Crippen molar-refractivity contribution in [2.75, 3.05) is 31.1 Å². The molecule has 0 atom stereocenters. The van der Waals surface area contributed by atoms with Gasteiger partial charge in [-0.2, -0.15) is 8.42 Å². The van der Waals surface area contributed by atoms with E-state index in [0.29, 0.717) is 37.6 Å². The van der Waals surface area contributed by atoms with Crippen LogP contribution >= 0.6 is 0 Å². The van der Waals surface area contributed by atoms with Gasteiger partial charge in [-0.1, -0.05) is 12.1 Å². The van der Waals surface area contributed by atoms with Crippen LogP contribution in [0.1, 0.15) is 12.0 Å². The molecule has 2 aliphatic rings. The fourth-order valence-corrected chi connectivity index (χ4v) is 4.42. The van der Waals surface area contributed by atoms with Crippen LogP contribution in [-0.4, -0.2) is 55.3 Å². The first-order valence-corrected chi connectivity index (χ1v) is 9.40. The van der Waals surface area contributed by atoms with E-state index in [1.54, 1.807) is 24.3 Å². The van der Waals surface area contributed by atoms with Gasteiger partial charge in [-0.05, 0) is 18.6 Å². The Kier molecular flexibility index (Phi) is 3.87. The third-order valence-corrected chi connectivity index (χ3v) is 5.68. The van der Waals surface area contributed by atoms with Gasteiger partial charge in [0.1, 0.15) is 11.2 Å². The highest BCUT2D eigenvalue weighted by Gasteiger charge is 2.32. The molecule has 0 spiro atoms. The van der Waals surface area contributed by atoms with Crippen molar-refractivity contribution < 1.29 is 12.8 Å². The molecular formula is C16H16FN5O2S. The zero-order valence-corrected chi connectivity index (χ0v) is 14.2. The molecular weight excluding hydrogens is 345 g/mol. The number of aromatic nitrogens is 2. The predicted octanol–water partition coefficient (Wildman–Crippen LogP) is 1.28. The first kappa shape index (κ1) is 15.9. The maximum absolute atomic E-state index is 13.9. The molecule has 0 unspecified atom stereocenters. The van der Waals surface area contributed by atoms with Crippen molar-refractivity contribution in [3.05, 3.63) is 48.2 Å². The van der Waals surface area contributed by atoms with Gasteiger partial charge in [0.25, 0.3) is 10.0 Å². The van der Waals surface area contributed by atoms with Crippen molar-refractivity contribution in [3.8, 4) is 0 Å². The number of amidine groups is 1. The monoisotopic (exact) mass is 361 g/mol. The molecule has 3 heterocycles. The van der Waals surface area contributed by atoms with Crippen LogP contribution in [0.2, 0.25) is 0 Å². The Morgan fingerprint density at radius 1 is 1.04 bits per heavy atom. The van der Waals surface area contributed by atoms with Crippen LogP contribution in [0.15, 0.2) is 46.1 Å². The zero-order chi connectivity index (χ0) is 17.4. The number of anilines is 1. The number of rotatable bonds is 1. The lowest BCUT2D eigenvalue weighted by molar-refractivity contribution is 0.449. The highest BCUT2D eigenvalue weighted by molar-refractivity contribution is 7.90. The fourth-order valence-electron chi connectivity index (χ4n) is 3.20. The maximum atomic E-state index is 13.9. The topological polar surface area (TPSA) is 78.8 Å². The minimum Gasteiger partial charge on any atom is -0.354 e. The Morgan fingerprint density at radius 3 is 2.64 bits per heavy atom. The summed E-state index contributed by atoms with van der Waals surface area (Å²) in [6.45, 7) is 2.33. The van der Waals surface area contributed by atoms with Crippen LogP contribution in [0, 0.1) is 5.82 Å². The summed E-state index contributed by atoms with van der Waals surface area (Å²) in [5, 5.41) is 0. The average molecular weight is 361 g/mol. The Balaban J connectivity index is 1.59. The molecule has 1 aromatic carbocycles. The fraction of sp³-hybridized carbons (Fsp3) is 0.312. The van der Waals surface area contributed by atoms with Crippen LogP contribution in [-0.2, 0) is 10.0 Å². The summed E-state index contributed by atoms with van der Waals surface area (Å²) in [5.74, 6) is 0.293. The second-order valence-electron chi connectivity index (χ2n) is 5.91. The van der Waals surface area contributed by atoms with E-state index in [1.165, 1.54) is 6.33 Å². The van der Waals surface area contributed by atoms with Gasteiger partial charge >= 0.3 is 0 Å². The summed E-state index contributed by atoms with van der Waals surface area (Å²) in [6, 6.07) is 6.83. The first-order valence-electron chi connectivity index (χ1n) is 7.96. The van der Waals surface area contributed by atoms with E-state index in [-0.39, 0.29) is 10.7 Å². The number of benzene rings is 1. The van der Waals surface area contributed by atoms with Gasteiger partial charge in [0, 0.05) is 31.7 Å². The van der Waals surface area contributed by atoms with E-state index in [2.05, 4.69) is 14.4 Å². The van der Waals surface area contributed by atoms with Crippen molar-refractivity contribution in [2.45, 2.75) is 11.3 Å². The molecule has 7 nitrogen and oxygen atoms in total. The van der Waals surface area contributed by atoms with Gasteiger partial charge in [-0.3, -0.25) is 0 Å². The van der Waals surface area contributed by atoms with Gasteiger partial charge in [-0.15, -0.1) is 4.40 Å². The Hall–Kier alpha value is -2.55. The number of sulfonamides is 1. The van der Waals surface area contributed by atoms with Gasteiger partial charge in [0.05, 0.1) is 6.20 Å². The van der Waals surface area contributed by atoms with Crippen molar-refractivity contribution in [3.63, 3.8) is 0 Å². The Labute approximate surface area is 144 Å². The molecule has 2 aliphatic heterocycles. The summed E-state index contributed by atoms with van der Waals surface area (Å²) in [5.41, 5.74) is 0.629. The lowest BCUT2D eigenvalue weighted by atomic mass is 10.2. The normalized spacial score (nSPS) is 19.3. The lowest BCUT2D eigenvalue weighted by Gasteiger charge is -2.24. The third-order valence-electron chi connectivity index (χ3n) is 4.36. The predicted molar refractivity (Wildman–Crippen MR) is 90.6 cm³/mol. The summed E-state index contributed by atoms with van der Waals surface area (Å²) in [7, 11) is -3.64. The molecule has 1 fully saturated rings. The molecule has 4 rings (SSSR count). The van der Waals surface area contributed by atoms with Crippen molar-refractivity contribution in [2.24, 2.45) is 4.40 Å². The van der Waals surface area contributed by atoms with Crippen LogP contribution in [0.25, 0.3) is 0 Å². The summed E-state index contributed by atoms with van der Waals surface area (Å²) >= 11 is 0. The molecule has 9 heteroatoms. The maximum Gasteiger partial charge on any atom is 0.285 e. The Morgan fingerprint density at radius 2 is 1.80 bits per heavy atom. The average Bonchev–Trinajstić information content (AvgIpc) is 2.77. The molecule has 0 radical (unpaired) electrons. The minimum atomic E-state index is -3.64. The zero-order valence-electron chi connectivity index (χ0n) is 13.3. The number of fused-ring (bicyclic) bond motifs is 1. The van der Waals surface area contributed by atoms with Crippen molar-refractivity contribution in [1.82, 2.24) is 14.9 Å². The van der Waals surface area contributed by atoms with E-state index in [0.717, 1.165) is 12.6 Å². The van der Waals surface area contributed by atoms with Crippen LogP contribution in [0.5, 0.6) is 0 Å². The molecule has 0 bridgehead atoms. The number of hydrogen-bond acceptors (Lipinski definition) is 6. The minimum absolute atomic E-state index is 0.243. The smallest absolute Gasteiger partial charge is 0.285 e. The molecule has 0 aliphatic carbocycles. The van der Waals surface area contributed by atoms with Crippen LogP contribution in [0.4, 0.5) is 10.2 Å². The highest BCUT2D eigenvalue weighted by Crippen LogP contribution is 2.28. The molecule has 25 heavy (non-hydrogen) atoms. The van der Waals surface area contributed by atoms with Gasteiger partial charge in [0.15, 0.2) is 17.5 Å². The summed E-state index contributed by atoms with van der Waals surface area (Å²) in [6.07, 6.45) is 3.21. The van der Waals surface area contributed by atoms with E-state index in [1.807, 2.05) is 9.80 Å². The molecule has 1 aromatic heterocycles. The molecule has 2 aromatic rings. The van der Waals surface area contributed by atoms with Crippen LogP contribution < -0.4 is 4.90 Å². The molecule has 1 saturated heterocycles. The van der Waals surface area contributed by atoms with E-state index in [9.17, 15) is 12.8 Å². The standard InChI is InChI=1S/C16H16FN5O2S/c17-13-10-18-11-19-16(13)22-7-3-6-21(8-9-22)15-12-4-1-2-5-14(12)25(23,24)20-15/h1-2,4-5,10-11H,3,6-9H2. The second-order valence-corrected chi connectivity index (χ2v) is 7.48. The lowest BCUT2D eigenvalue weighted by Crippen LogP contribution is -2.35. The molecule has 0 saturated carbocycles. The first-order chi connectivity index (χ1) is 12.1. The number of halogens is 1. The number of hydrogen-bond donors (Lipinski definition) is 0. The molecule has 0 amide bonds. The van der Waals surface area contributed by atoms with Gasteiger partial charge < -0.3 is 9.80 Å². The Bertz CT molecular complexity index is 947. The van der Waals surface area contributed by atoms with Gasteiger partial charge in [0.2, 0.25) is 0 Å². The third kappa shape index (κ3) is 2.84. The molecule has 130 valence electrons. The SMILES string of the molecule is O=S1(=O)N=C(N2CCCN(c3ncncc3F)CC2)c2ccccc21. The van der Waals surface area contributed by atoms with Crippen molar-refractivity contribution in [1.29, 1.82) is 0 Å². The van der Waals surface area contributed by atoms with Crippen molar-refractivity contribution >= 4 is 21.7 Å². The van der Waals surface area contributed by atoms with Crippen LogP contribution in [0.3, 0.4) is 0 Å². The second kappa shape index (κ2) is 6.07. The summed E-state index contributed by atoms with van der Waals surface area (Å²) < 4.78 is 42.3. The quantitative estimate of drug-likeness (QED) is 0.761. The summed E-state index contributed by atoms with van der Waals surface area (Å²) in [4.78, 5) is 11.7. The largest absolute Gasteiger partial charge is 0.354 e. The number of nitrogens with zero attached hydrogens (tertiary/aromatic N) is 5. The van der Waals surface area contributed by atoms with E-state index < -0.39 is 15.8 Å². The van der Waals surface area contributed by atoms with E-state index >= 15 is 0 Å². The highest BCUT2D eigenvalue weighted by atomic mass is 32.2. The molecule has 0 N–H and O–H groups in total.